The SMILES string of the molecule is Cc1cccn2nc(C3c4nc[nH]c4CCN3C(=O)c3cnc(-c4cnccn4)o3)cc12. The molecule has 32 heavy (non-hydrogen) atoms. The van der Waals surface area contributed by atoms with E-state index in [2.05, 4.69) is 24.9 Å². The quantitative estimate of drug-likeness (QED) is 0.471. The fraction of sp³-hybridized carbons (Fsp3) is 0.182. The molecule has 10 nitrogen and oxygen atoms in total. The molecular formula is C22H18N8O2. The van der Waals surface area contributed by atoms with Crippen LogP contribution in [0.15, 0.2) is 59.9 Å². The monoisotopic (exact) mass is 426 g/mol. The molecule has 158 valence electrons. The van der Waals surface area contributed by atoms with Gasteiger partial charge in [0.25, 0.3) is 5.91 Å². The predicted molar refractivity (Wildman–Crippen MR) is 113 cm³/mol. The number of rotatable bonds is 3. The Bertz CT molecular complexity index is 1430. The molecule has 1 atom stereocenters. The number of aryl methyl sites for hydroxylation is 1. The summed E-state index contributed by atoms with van der Waals surface area (Å²) in [6.45, 7) is 2.53. The minimum Gasteiger partial charge on any atom is -0.429 e. The number of fused-ring (bicyclic) bond motifs is 2. The van der Waals surface area contributed by atoms with Gasteiger partial charge in [-0.15, -0.1) is 0 Å². The van der Waals surface area contributed by atoms with Gasteiger partial charge in [-0.05, 0) is 24.6 Å². The van der Waals surface area contributed by atoms with E-state index in [0.717, 1.165) is 28.2 Å². The maximum Gasteiger partial charge on any atom is 0.292 e. The number of aromatic nitrogens is 7. The van der Waals surface area contributed by atoms with E-state index in [1.54, 1.807) is 29.8 Å². The highest BCUT2D eigenvalue weighted by Crippen LogP contribution is 2.35. The molecule has 1 aliphatic heterocycles. The molecule has 5 aromatic heterocycles. The van der Waals surface area contributed by atoms with Crippen molar-refractivity contribution in [3.63, 3.8) is 0 Å². The highest BCUT2D eigenvalue weighted by Gasteiger charge is 2.37. The van der Waals surface area contributed by atoms with E-state index >= 15 is 0 Å². The van der Waals surface area contributed by atoms with Crippen LogP contribution in [0.25, 0.3) is 17.1 Å². The molecule has 1 N–H and O–H groups in total. The molecule has 10 heteroatoms. The van der Waals surface area contributed by atoms with Gasteiger partial charge in [0.05, 0.1) is 35.6 Å². The predicted octanol–water partition coefficient (Wildman–Crippen LogP) is 2.60. The summed E-state index contributed by atoms with van der Waals surface area (Å²) in [5.41, 5.74) is 5.10. The number of carbonyl (C=O) groups is 1. The Labute approximate surface area is 182 Å². The van der Waals surface area contributed by atoms with Crippen LogP contribution < -0.4 is 0 Å². The third-order valence-corrected chi connectivity index (χ3v) is 5.70. The van der Waals surface area contributed by atoms with Crippen LogP contribution in [-0.4, -0.2) is 51.9 Å². The van der Waals surface area contributed by atoms with Crippen molar-refractivity contribution in [2.24, 2.45) is 0 Å². The van der Waals surface area contributed by atoms with E-state index in [-0.39, 0.29) is 17.6 Å². The number of oxazole rings is 1. The third-order valence-electron chi connectivity index (χ3n) is 5.70. The molecule has 1 amide bonds. The first-order valence-electron chi connectivity index (χ1n) is 10.2. The molecule has 0 aliphatic carbocycles. The normalized spacial score (nSPS) is 15.8. The Balaban J connectivity index is 1.41. The molecule has 5 aromatic rings. The molecule has 0 aromatic carbocycles. The Morgan fingerprint density at radius 3 is 3.00 bits per heavy atom. The molecule has 0 fully saturated rings. The summed E-state index contributed by atoms with van der Waals surface area (Å²) < 4.78 is 7.59. The van der Waals surface area contributed by atoms with E-state index in [1.807, 2.05) is 35.8 Å². The molecule has 0 saturated carbocycles. The van der Waals surface area contributed by atoms with Gasteiger partial charge in [-0.25, -0.2) is 19.5 Å². The van der Waals surface area contributed by atoms with Crippen molar-refractivity contribution in [1.82, 2.24) is 39.4 Å². The highest BCUT2D eigenvalue weighted by atomic mass is 16.4. The van der Waals surface area contributed by atoms with Crippen LogP contribution in [0, 0.1) is 6.92 Å². The van der Waals surface area contributed by atoms with Gasteiger partial charge in [-0.2, -0.15) is 5.10 Å². The van der Waals surface area contributed by atoms with Gasteiger partial charge >= 0.3 is 0 Å². The smallest absolute Gasteiger partial charge is 0.292 e. The topological polar surface area (TPSA) is 118 Å². The largest absolute Gasteiger partial charge is 0.429 e. The summed E-state index contributed by atoms with van der Waals surface area (Å²) in [7, 11) is 0. The Morgan fingerprint density at radius 1 is 1.22 bits per heavy atom. The zero-order valence-electron chi connectivity index (χ0n) is 17.1. The summed E-state index contributed by atoms with van der Waals surface area (Å²) in [5.74, 6) is 0.105. The van der Waals surface area contributed by atoms with Crippen molar-refractivity contribution < 1.29 is 9.21 Å². The number of nitrogens with zero attached hydrogens (tertiary/aromatic N) is 7. The lowest BCUT2D eigenvalue weighted by Crippen LogP contribution is -2.40. The minimum atomic E-state index is -0.443. The van der Waals surface area contributed by atoms with Gasteiger partial charge in [-0.1, -0.05) is 6.07 Å². The fourth-order valence-corrected chi connectivity index (χ4v) is 4.15. The van der Waals surface area contributed by atoms with Crippen LogP contribution >= 0.6 is 0 Å². The van der Waals surface area contributed by atoms with Crippen LogP contribution in [-0.2, 0) is 6.42 Å². The highest BCUT2D eigenvalue weighted by molar-refractivity contribution is 5.92. The molecule has 0 bridgehead atoms. The molecule has 0 spiro atoms. The first kappa shape index (κ1) is 18.4. The maximum atomic E-state index is 13.5. The van der Waals surface area contributed by atoms with Gasteiger partial charge in [0.2, 0.25) is 11.7 Å². The van der Waals surface area contributed by atoms with E-state index in [0.29, 0.717) is 18.7 Å². The Kier molecular flexibility index (Phi) is 4.10. The second kappa shape index (κ2) is 7.12. The van der Waals surface area contributed by atoms with Gasteiger partial charge in [0.15, 0.2) is 0 Å². The van der Waals surface area contributed by atoms with Crippen LogP contribution in [0.3, 0.4) is 0 Å². The van der Waals surface area contributed by atoms with Crippen molar-refractivity contribution in [3.8, 4) is 11.6 Å². The summed E-state index contributed by atoms with van der Waals surface area (Å²) in [6.07, 6.45) is 10.3. The summed E-state index contributed by atoms with van der Waals surface area (Å²) in [4.78, 5) is 35.4. The van der Waals surface area contributed by atoms with Gasteiger partial charge in [0.1, 0.15) is 11.7 Å². The zero-order chi connectivity index (χ0) is 21.7. The van der Waals surface area contributed by atoms with Crippen LogP contribution in [0.2, 0.25) is 0 Å². The van der Waals surface area contributed by atoms with Crippen LogP contribution in [0.4, 0.5) is 0 Å². The Morgan fingerprint density at radius 2 is 2.16 bits per heavy atom. The first-order valence-corrected chi connectivity index (χ1v) is 10.2. The number of amides is 1. The number of hydrogen-bond acceptors (Lipinski definition) is 7. The molecule has 0 saturated heterocycles. The minimum absolute atomic E-state index is 0.134. The number of carbonyl (C=O) groups excluding carboxylic acids is 1. The second-order valence-corrected chi connectivity index (χ2v) is 7.63. The van der Waals surface area contributed by atoms with E-state index in [4.69, 9.17) is 9.52 Å². The molecule has 6 rings (SSSR count). The average molecular weight is 426 g/mol. The molecule has 0 radical (unpaired) electrons. The number of imidazole rings is 1. The number of aromatic amines is 1. The fourth-order valence-electron chi connectivity index (χ4n) is 4.15. The lowest BCUT2D eigenvalue weighted by molar-refractivity contribution is 0.0655. The summed E-state index contributed by atoms with van der Waals surface area (Å²) in [5, 5.41) is 4.76. The number of hydrogen-bond donors (Lipinski definition) is 1. The first-order chi connectivity index (χ1) is 15.7. The number of pyridine rings is 1. The van der Waals surface area contributed by atoms with Crippen LogP contribution in [0.1, 0.15) is 39.2 Å². The van der Waals surface area contributed by atoms with E-state index < -0.39 is 6.04 Å². The molecule has 6 heterocycles. The number of nitrogens with one attached hydrogen (secondary N) is 1. The number of H-pyrrole nitrogens is 1. The van der Waals surface area contributed by atoms with Crippen molar-refractivity contribution in [3.05, 3.63) is 83.9 Å². The van der Waals surface area contributed by atoms with Crippen molar-refractivity contribution >= 4 is 11.4 Å². The zero-order valence-corrected chi connectivity index (χ0v) is 17.1. The molecular weight excluding hydrogens is 408 g/mol. The van der Waals surface area contributed by atoms with Gasteiger partial charge < -0.3 is 14.3 Å². The third kappa shape index (κ3) is 2.88. The molecule has 1 aliphatic rings. The van der Waals surface area contributed by atoms with Crippen molar-refractivity contribution in [2.45, 2.75) is 19.4 Å². The average Bonchev–Trinajstić information content (AvgIpc) is 3.58. The second-order valence-electron chi connectivity index (χ2n) is 7.63. The molecule has 1 unspecified atom stereocenters. The maximum absolute atomic E-state index is 13.5. The van der Waals surface area contributed by atoms with Crippen LogP contribution in [0.5, 0.6) is 0 Å². The Hall–Kier alpha value is -4.34. The van der Waals surface area contributed by atoms with Crippen molar-refractivity contribution in [2.75, 3.05) is 6.54 Å². The van der Waals surface area contributed by atoms with Gasteiger partial charge in [-0.3, -0.25) is 9.78 Å². The van der Waals surface area contributed by atoms with Gasteiger partial charge in [0, 0.05) is 37.3 Å². The van der Waals surface area contributed by atoms with E-state index in [1.165, 1.54) is 6.20 Å². The lowest BCUT2D eigenvalue weighted by atomic mass is 9.99. The summed E-state index contributed by atoms with van der Waals surface area (Å²) >= 11 is 0. The summed E-state index contributed by atoms with van der Waals surface area (Å²) in [6, 6.07) is 5.55. The standard InChI is InChI=1S/C22H18N8O2/c1-13-3-2-7-30-17(13)9-15(28-30)20-19-14(26-12-27-19)4-8-29(20)22(31)18-11-25-21(32-18)16-10-23-5-6-24-16/h2-3,5-7,9-12,20H,4,8H2,1H3,(H,26,27). The van der Waals surface area contributed by atoms with E-state index in [9.17, 15) is 4.79 Å². The van der Waals surface area contributed by atoms with Crippen molar-refractivity contribution in [1.29, 1.82) is 0 Å². The lowest BCUT2D eigenvalue weighted by Gasteiger charge is -2.33.